The van der Waals surface area contributed by atoms with E-state index in [9.17, 15) is 9.90 Å². The van der Waals surface area contributed by atoms with Gasteiger partial charge in [-0.25, -0.2) is 0 Å². The smallest absolute Gasteiger partial charge is 0.244 e. The first-order valence-corrected chi connectivity index (χ1v) is 7.96. The van der Waals surface area contributed by atoms with Gasteiger partial charge < -0.3 is 15.2 Å². The number of hydrogen-bond donors (Lipinski definition) is 2. The van der Waals surface area contributed by atoms with Crippen molar-refractivity contribution in [3.63, 3.8) is 0 Å². The summed E-state index contributed by atoms with van der Waals surface area (Å²) >= 11 is 0. The Labute approximate surface area is 132 Å². The summed E-state index contributed by atoms with van der Waals surface area (Å²) in [6, 6.07) is 7.85. The van der Waals surface area contributed by atoms with Crippen LogP contribution in [0.15, 0.2) is 30.3 Å². The highest BCUT2D eigenvalue weighted by molar-refractivity contribution is 5.91. The van der Waals surface area contributed by atoms with Gasteiger partial charge in [0.1, 0.15) is 5.75 Å². The van der Waals surface area contributed by atoms with Crippen LogP contribution in [0.2, 0.25) is 0 Å². The van der Waals surface area contributed by atoms with Crippen molar-refractivity contribution in [3.8, 4) is 5.75 Å². The third-order valence-electron chi connectivity index (χ3n) is 3.72. The molecule has 0 atom stereocenters. The molecule has 0 saturated heterocycles. The molecule has 1 saturated carbocycles. The minimum atomic E-state index is -0.199. The SMILES string of the molecule is CC(C)Oc1ccc(C=CC(=O)NC2CCC(O)CC2)cc1. The molecule has 120 valence electrons. The fourth-order valence-corrected chi connectivity index (χ4v) is 2.57. The first kappa shape index (κ1) is 16.6. The van der Waals surface area contributed by atoms with Crippen LogP contribution < -0.4 is 10.1 Å². The molecule has 2 N–H and O–H groups in total. The Morgan fingerprint density at radius 3 is 2.45 bits per heavy atom. The maximum atomic E-state index is 11.9. The van der Waals surface area contributed by atoms with Crippen molar-refractivity contribution in [2.24, 2.45) is 0 Å². The van der Waals surface area contributed by atoms with E-state index in [1.807, 2.05) is 38.1 Å². The van der Waals surface area contributed by atoms with E-state index < -0.39 is 0 Å². The van der Waals surface area contributed by atoms with E-state index in [2.05, 4.69) is 5.32 Å². The van der Waals surface area contributed by atoms with Gasteiger partial charge in [-0.2, -0.15) is 0 Å². The zero-order valence-electron chi connectivity index (χ0n) is 13.3. The predicted octanol–water partition coefficient (Wildman–Crippen LogP) is 2.91. The Bertz CT molecular complexity index is 500. The molecule has 0 aromatic heterocycles. The Hall–Kier alpha value is -1.81. The van der Waals surface area contributed by atoms with E-state index in [0.717, 1.165) is 37.0 Å². The minimum Gasteiger partial charge on any atom is -0.491 e. The zero-order valence-corrected chi connectivity index (χ0v) is 13.3. The summed E-state index contributed by atoms with van der Waals surface area (Å²) in [5.41, 5.74) is 0.963. The molecule has 0 bridgehead atoms. The molecule has 0 aliphatic heterocycles. The topological polar surface area (TPSA) is 58.6 Å². The van der Waals surface area contributed by atoms with Crippen molar-refractivity contribution in [1.82, 2.24) is 5.32 Å². The molecule has 1 aromatic carbocycles. The standard InChI is InChI=1S/C18H25NO3/c1-13(2)22-17-10-3-14(4-11-17)5-12-18(21)19-15-6-8-16(20)9-7-15/h3-5,10-13,15-16,20H,6-9H2,1-2H3,(H,19,21). The second-order valence-corrected chi connectivity index (χ2v) is 6.08. The highest BCUT2D eigenvalue weighted by atomic mass is 16.5. The first-order chi connectivity index (χ1) is 10.5. The van der Waals surface area contributed by atoms with Crippen LogP contribution >= 0.6 is 0 Å². The van der Waals surface area contributed by atoms with Crippen LogP contribution in [-0.4, -0.2) is 29.3 Å². The number of nitrogens with one attached hydrogen (secondary N) is 1. The molecule has 0 unspecified atom stereocenters. The van der Waals surface area contributed by atoms with E-state index in [1.54, 1.807) is 12.2 Å². The third-order valence-corrected chi connectivity index (χ3v) is 3.72. The Morgan fingerprint density at radius 1 is 1.23 bits per heavy atom. The predicted molar refractivity (Wildman–Crippen MR) is 87.6 cm³/mol. The fourth-order valence-electron chi connectivity index (χ4n) is 2.57. The van der Waals surface area contributed by atoms with Gasteiger partial charge in [0.15, 0.2) is 0 Å². The number of carbonyl (C=O) groups excluding carboxylic acids is 1. The summed E-state index contributed by atoms with van der Waals surface area (Å²) in [4.78, 5) is 11.9. The second-order valence-electron chi connectivity index (χ2n) is 6.08. The largest absolute Gasteiger partial charge is 0.491 e. The fraction of sp³-hybridized carbons (Fsp3) is 0.500. The lowest BCUT2D eigenvalue weighted by Gasteiger charge is -2.25. The summed E-state index contributed by atoms with van der Waals surface area (Å²) in [5.74, 6) is 0.751. The number of carbonyl (C=O) groups is 1. The van der Waals surface area contributed by atoms with Crippen LogP contribution in [0.25, 0.3) is 6.08 Å². The maximum Gasteiger partial charge on any atom is 0.244 e. The number of benzene rings is 1. The van der Waals surface area contributed by atoms with E-state index in [1.165, 1.54) is 0 Å². The van der Waals surface area contributed by atoms with Crippen LogP contribution in [0, 0.1) is 0 Å². The van der Waals surface area contributed by atoms with Crippen LogP contribution in [0.1, 0.15) is 45.1 Å². The molecule has 1 aromatic rings. The molecular weight excluding hydrogens is 278 g/mol. The molecule has 1 amide bonds. The monoisotopic (exact) mass is 303 g/mol. The normalized spacial score (nSPS) is 22.0. The molecule has 1 fully saturated rings. The first-order valence-electron chi connectivity index (χ1n) is 7.96. The number of hydrogen-bond acceptors (Lipinski definition) is 3. The zero-order chi connectivity index (χ0) is 15.9. The van der Waals surface area contributed by atoms with E-state index >= 15 is 0 Å². The number of aliphatic hydroxyl groups is 1. The quantitative estimate of drug-likeness (QED) is 0.822. The number of aliphatic hydroxyl groups excluding tert-OH is 1. The molecule has 22 heavy (non-hydrogen) atoms. The second kappa shape index (κ2) is 7.99. The van der Waals surface area contributed by atoms with Crippen LogP contribution in [-0.2, 0) is 4.79 Å². The Morgan fingerprint density at radius 2 is 1.86 bits per heavy atom. The van der Waals surface area contributed by atoms with Gasteiger partial charge in [-0.3, -0.25) is 4.79 Å². The van der Waals surface area contributed by atoms with Gasteiger partial charge in [0, 0.05) is 12.1 Å². The van der Waals surface area contributed by atoms with Gasteiger partial charge in [0.2, 0.25) is 5.91 Å². The van der Waals surface area contributed by atoms with E-state index in [0.29, 0.717) is 0 Å². The minimum absolute atomic E-state index is 0.0797. The molecule has 2 rings (SSSR count). The lowest BCUT2D eigenvalue weighted by molar-refractivity contribution is -0.117. The molecule has 0 spiro atoms. The van der Waals surface area contributed by atoms with Crippen LogP contribution in [0.3, 0.4) is 0 Å². The summed E-state index contributed by atoms with van der Waals surface area (Å²) in [7, 11) is 0. The van der Waals surface area contributed by atoms with Gasteiger partial charge in [-0.1, -0.05) is 12.1 Å². The summed E-state index contributed by atoms with van der Waals surface area (Å²) in [6.07, 6.45) is 6.55. The maximum absolute atomic E-state index is 11.9. The molecule has 0 heterocycles. The Balaban J connectivity index is 1.81. The average Bonchev–Trinajstić information content (AvgIpc) is 2.48. The van der Waals surface area contributed by atoms with Gasteiger partial charge >= 0.3 is 0 Å². The molecule has 4 heteroatoms. The van der Waals surface area contributed by atoms with Crippen molar-refractivity contribution in [2.45, 2.75) is 57.8 Å². The number of ether oxygens (including phenoxy) is 1. The van der Waals surface area contributed by atoms with Crippen molar-refractivity contribution in [3.05, 3.63) is 35.9 Å². The average molecular weight is 303 g/mol. The summed E-state index contributed by atoms with van der Waals surface area (Å²) in [6.45, 7) is 3.98. The third kappa shape index (κ3) is 5.53. The van der Waals surface area contributed by atoms with Crippen molar-refractivity contribution >= 4 is 12.0 Å². The van der Waals surface area contributed by atoms with Crippen molar-refractivity contribution < 1.29 is 14.6 Å². The number of amides is 1. The summed E-state index contributed by atoms with van der Waals surface area (Å²) < 4.78 is 5.58. The van der Waals surface area contributed by atoms with Gasteiger partial charge in [0.05, 0.1) is 12.2 Å². The lowest BCUT2D eigenvalue weighted by Crippen LogP contribution is -2.37. The van der Waals surface area contributed by atoms with Crippen molar-refractivity contribution in [1.29, 1.82) is 0 Å². The van der Waals surface area contributed by atoms with Gasteiger partial charge in [-0.05, 0) is 63.3 Å². The van der Waals surface area contributed by atoms with Crippen LogP contribution in [0.5, 0.6) is 5.75 Å². The van der Waals surface area contributed by atoms with E-state index in [-0.39, 0.29) is 24.2 Å². The molecule has 0 radical (unpaired) electrons. The molecule has 4 nitrogen and oxygen atoms in total. The van der Waals surface area contributed by atoms with Crippen molar-refractivity contribution in [2.75, 3.05) is 0 Å². The molecule has 1 aliphatic rings. The lowest BCUT2D eigenvalue weighted by atomic mass is 9.93. The van der Waals surface area contributed by atoms with Crippen LogP contribution in [0.4, 0.5) is 0 Å². The molecule has 1 aliphatic carbocycles. The highest BCUT2D eigenvalue weighted by Crippen LogP contribution is 2.18. The number of rotatable bonds is 5. The molecular formula is C18H25NO3. The highest BCUT2D eigenvalue weighted by Gasteiger charge is 2.19. The van der Waals surface area contributed by atoms with E-state index in [4.69, 9.17) is 4.74 Å². The summed E-state index contributed by atoms with van der Waals surface area (Å²) in [5, 5.41) is 12.4. The van der Waals surface area contributed by atoms with Gasteiger partial charge in [0.25, 0.3) is 0 Å². The Kier molecular flexibility index (Phi) is 6.01. The van der Waals surface area contributed by atoms with Gasteiger partial charge in [-0.15, -0.1) is 0 Å².